The van der Waals surface area contributed by atoms with Crippen molar-refractivity contribution in [1.29, 1.82) is 0 Å². The van der Waals surface area contributed by atoms with Crippen molar-refractivity contribution in [2.75, 3.05) is 18.6 Å². The third kappa shape index (κ3) is 2.66. The molecule has 5 heteroatoms. The molecule has 2 atom stereocenters. The molecule has 0 aromatic carbocycles. The monoisotopic (exact) mass is 236 g/mol. The summed E-state index contributed by atoms with van der Waals surface area (Å²) in [6.45, 7) is 3.02. The van der Waals surface area contributed by atoms with E-state index in [9.17, 15) is 0 Å². The van der Waals surface area contributed by atoms with Gasteiger partial charge in [-0.25, -0.2) is 4.98 Å². The minimum atomic E-state index is 0.130. The lowest BCUT2D eigenvalue weighted by Gasteiger charge is -2.38. The van der Waals surface area contributed by atoms with E-state index < -0.39 is 0 Å². The first-order valence-electron chi connectivity index (χ1n) is 6.11. The van der Waals surface area contributed by atoms with Gasteiger partial charge in [0.2, 0.25) is 11.8 Å². The molecule has 0 aliphatic carbocycles. The predicted octanol–water partition coefficient (Wildman–Crippen LogP) is 1.19. The van der Waals surface area contributed by atoms with Gasteiger partial charge in [0, 0.05) is 30.9 Å². The maximum atomic E-state index is 6.04. The molecule has 0 bridgehead atoms. The maximum absolute atomic E-state index is 6.04. The Hall–Kier alpha value is -1.36. The van der Waals surface area contributed by atoms with Crippen molar-refractivity contribution >= 4 is 5.95 Å². The van der Waals surface area contributed by atoms with Crippen LogP contribution >= 0.6 is 0 Å². The number of rotatable bonds is 3. The zero-order valence-corrected chi connectivity index (χ0v) is 10.5. The van der Waals surface area contributed by atoms with Gasteiger partial charge >= 0.3 is 0 Å². The van der Waals surface area contributed by atoms with E-state index in [0.29, 0.717) is 11.9 Å². The summed E-state index contributed by atoms with van der Waals surface area (Å²) in [7, 11) is 1.62. The zero-order chi connectivity index (χ0) is 12.3. The molecule has 0 saturated carbocycles. The topological polar surface area (TPSA) is 64.3 Å². The fraction of sp³-hybridized carbons (Fsp3) is 0.667. The summed E-state index contributed by atoms with van der Waals surface area (Å²) in [5.41, 5.74) is 6.04. The Labute approximate surface area is 102 Å². The molecule has 1 aromatic rings. The lowest BCUT2D eigenvalue weighted by atomic mass is 9.97. The summed E-state index contributed by atoms with van der Waals surface area (Å²) in [5.74, 6) is 1.33. The molecule has 1 saturated heterocycles. The number of anilines is 1. The van der Waals surface area contributed by atoms with Crippen LogP contribution in [0.1, 0.15) is 26.2 Å². The predicted molar refractivity (Wildman–Crippen MR) is 67.2 cm³/mol. The van der Waals surface area contributed by atoms with Crippen LogP contribution in [0.5, 0.6) is 5.88 Å². The van der Waals surface area contributed by atoms with Crippen molar-refractivity contribution in [3.05, 3.63) is 12.3 Å². The summed E-state index contributed by atoms with van der Waals surface area (Å²) in [6, 6.07) is 2.22. The molecule has 0 radical (unpaired) electrons. The molecule has 2 heterocycles. The quantitative estimate of drug-likeness (QED) is 0.854. The van der Waals surface area contributed by atoms with Gasteiger partial charge in [0.05, 0.1) is 7.11 Å². The van der Waals surface area contributed by atoms with Crippen molar-refractivity contribution in [2.45, 2.75) is 38.3 Å². The van der Waals surface area contributed by atoms with Crippen LogP contribution in [0.4, 0.5) is 5.95 Å². The van der Waals surface area contributed by atoms with Gasteiger partial charge in [-0.2, -0.15) is 4.98 Å². The van der Waals surface area contributed by atoms with E-state index in [4.69, 9.17) is 10.5 Å². The van der Waals surface area contributed by atoms with E-state index in [2.05, 4.69) is 14.9 Å². The summed E-state index contributed by atoms with van der Waals surface area (Å²) >= 11 is 0. The number of piperidine rings is 1. The second-order valence-corrected chi connectivity index (χ2v) is 4.51. The third-order valence-electron chi connectivity index (χ3n) is 3.24. The number of methoxy groups -OCH3 is 1. The normalized spacial score (nSPS) is 22.3. The highest BCUT2D eigenvalue weighted by Crippen LogP contribution is 2.24. The van der Waals surface area contributed by atoms with Crippen molar-refractivity contribution in [3.63, 3.8) is 0 Å². The Balaban J connectivity index is 2.22. The van der Waals surface area contributed by atoms with Gasteiger partial charge in [-0.3, -0.25) is 0 Å². The van der Waals surface area contributed by atoms with Gasteiger partial charge in [-0.15, -0.1) is 0 Å². The van der Waals surface area contributed by atoms with Crippen LogP contribution in [-0.2, 0) is 0 Å². The summed E-state index contributed by atoms with van der Waals surface area (Å²) in [5, 5.41) is 0. The molecule has 0 spiro atoms. The Morgan fingerprint density at radius 2 is 2.35 bits per heavy atom. The lowest BCUT2D eigenvalue weighted by molar-refractivity contribution is 0.386. The molecule has 5 nitrogen and oxygen atoms in total. The first-order valence-corrected chi connectivity index (χ1v) is 6.11. The van der Waals surface area contributed by atoms with Gasteiger partial charge in [-0.05, 0) is 26.2 Å². The summed E-state index contributed by atoms with van der Waals surface area (Å²) in [6.07, 6.45) is 5.24. The minimum absolute atomic E-state index is 0.130. The van der Waals surface area contributed by atoms with Crippen LogP contribution in [0.25, 0.3) is 0 Å². The van der Waals surface area contributed by atoms with Crippen LogP contribution in [0, 0.1) is 0 Å². The first kappa shape index (κ1) is 12.1. The van der Waals surface area contributed by atoms with Gasteiger partial charge in [0.15, 0.2) is 0 Å². The Morgan fingerprint density at radius 3 is 3.06 bits per heavy atom. The smallest absolute Gasteiger partial charge is 0.228 e. The summed E-state index contributed by atoms with van der Waals surface area (Å²) in [4.78, 5) is 10.9. The SMILES string of the molecule is COc1ccnc(N2CCCCC2C(C)N)n1. The first-order chi connectivity index (χ1) is 8.22. The second kappa shape index (κ2) is 5.31. The number of aromatic nitrogens is 2. The largest absolute Gasteiger partial charge is 0.481 e. The van der Waals surface area contributed by atoms with E-state index in [-0.39, 0.29) is 6.04 Å². The van der Waals surface area contributed by atoms with E-state index in [0.717, 1.165) is 18.9 Å². The number of hydrogen-bond donors (Lipinski definition) is 1. The second-order valence-electron chi connectivity index (χ2n) is 4.51. The van der Waals surface area contributed by atoms with Gasteiger partial charge in [-0.1, -0.05) is 0 Å². The van der Waals surface area contributed by atoms with Crippen LogP contribution in [-0.4, -0.2) is 35.7 Å². The van der Waals surface area contributed by atoms with Gasteiger partial charge in [0.25, 0.3) is 0 Å². The molecule has 0 amide bonds. The Morgan fingerprint density at radius 1 is 1.53 bits per heavy atom. The molecule has 2 unspecified atom stereocenters. The fourth-order valence-electron chi connectivity index (χ4n) is 2.34. The van der Waals surface area contributed by atoms with Crippen molar-refractivity contribution < 1.29 is 4.74 Å². The van der Waals surface area contributed by atoms with E-state index in [1.54, 1.807) is 19.4 Å². The standard InChI is InChI=1S/C12H20N4O/c1-9(13)10-5-3-4-8-16(10)12-14-7-6-11(15-12)17-2/h6-7,9-10H,3-5,8,13H2,1-2H3. The molecule has 1 fully saturated rings. The number of nitrogens with two attached hydrogens (primary N) is 1. The maximum Gasteiger partial charge on any atom is 0.228 e. The van der Waals surface area contributed by atoms with Crippen LogP contribution in [0.2, 0.25) is 0 Å². The van der Waals surface area contributed by atoms with Crippen molar-refractivity contribution in [2.24, 2.45) is 5.73 Å². The minimum Gasteiger partial charge on any atom is -0.481 e. The van der Waals surface area contributed by atoms with Gasteiger partial charge < -0.3 is 15.4 Å². The molecule has 17 heavy (non-hydrogen) atoms. The molecular formula is C12H20N4O. The van der Waals surface area contributed by atoms with Crippen LogP contribution in [0.15, 0.2) is 12.3 Å². The summed E-state index contributed by atoms with van der Waals surface area (Å²) < 4.78 is 5.13. The van der Waals surface area contributed by atoms with E-state index >= 15 is 0 Å². The molecule has 1 aliphatic rings. The molecule has 2 rings (SSSR count). The number of nitrogens with zero attached hydrogens (tertiary/aromatic N) is 3. The van der Waals surface area contributed by atoms with Crippen molar-refractivity contribution in [3.8, 4) is 5.88 Å². The fourth-order valence-corrected chi connectivity index (χ4v) is 2.34. The lowest BCUT2D eigenvalue weighted by Crippen LogP contribution is -2.50. The van der Waals surface area contributed by atoms with Crippen molar-refractivity contribution in [1.82, 2.24) is 9.97 Å². The molecule has 94 valence electrons. The average Bonchev–Trinajstić information content (AvgIpc) is 2.39. The molecule has 1 aliphatic heterocycles. The highest BCUT2D eigenvalue weighted by molar-refractivity contribution is 5.35. The zero-order valence-electron chi connectivity index (χ0n) is 10.5. The average molecular weight is 236 g/mol. The molecule has 2 N–H and O–H groups in total. The highest BCUT2D eigenvalue weighted by Gasteiger charge is 2.27. The Kier molecular flexibility index (Phi) is 3.78. The highest BCUT2D eigenvalue weighted by atomic mass is 16.5. The molecule has 1 aromatic heterocycles. The molecular weight excluding hydrogens is 216 g/mol. The van der Waals surface area contributed by atoms with E-state index in [1.807, 2.05) is 6.92 Å². The number of hydrogen-bond acceptors (Lipinski definition) is 5. The Bertz CT molecular complexity index is 369. The van der Waals surface area contributed by atoms with Gasteiger partial charge in [0.1, 0.15) is 0 Å². The number of ether oxygens (including phenoxy) is 1. The van der Waals surface area contributed by atoms with Crippen LogP contribution in [0.3, 0.4) is 0 Å². The van der Waals surface area contributed by atoms with Crippen LogP contribution < -0.4 is 15.4 Å². The van der Waals surface area contributed by atoms with E-state index in [1.165, 1.54) is 12.8 Å². The third-order valence-corrected chi connectivity index (χ3v) is 3.24.